The molecule has 0 fully saturated rings. The fourth-order valence-electron chi connectivity index (χ4n) is 2.70. The first-order chi connectivity index (χ1) is 13.0. The van der Waals surface area contributed by atoms with Crippen molar-refractivity contribution < 1.29 is 8.76 Å². The van der Waals surface area contributed by atoms with Crippen molar-refractivity contribution in [2.24, 2.45) is 0 Å². The highest BCUT2D eigenvalue weighted by Crippen LogP contribution is 2.17. The minimum atomic E-state index is -2.16. The third-order valence-electron chi connectivity index (χ3n) is 4.65. The Hall–Kier alpha value is -0.910. The monoisotopic (exact) mass is 397 g/mol. The number of unbranched alkanes of at least 4 members (excludes halogenated alkanes) is 5. The highest BCUT2D eigenvalue weighted by Gasteiger charge is 2.07. The summed E-state index contributed by atoms with van der Waals surface area (Å²) in [5, 5.41) is 0. The first-order valence-corrected chi connectivity index (χ1v) is 11.7. The quantitative estimate of drug-likeness (QED) is 0.307. The van der Waals surface area contributed by atoms with E-state index >= 15 is 0 Å². The maximum atomic E-state index is 11.4. The van der Waals surface area contributed by atoms with E-state index in [1.807, 2.05) is 12.1 Å². The molecule has 0 saturated carbocycles. The fraction of sp³-hybridized carbons (Fsp3) is 0.727. The van der Waals surface area contributed by atoms with Crippen molar-refractivity contribution >= 4 is 17.0 Å². The van der Waals surface area contributed by atoms with Gasteiger partial charge in [0.05, 0.1) is 0 Å². The summed E-state index contributed by atoms with van der Waals surface area (Å²) < 4.78 is 24.3. The minimum absolute atomic E-state index is 0.461. The van der Waals surface area contributed by atoms with Crippen molar-refractivity contribution in [1.29, 1.82) is 0 Å². The molecule has 1 aromatic rings. The Morgan fingerprint density at radius 2 is 1.37 bits per heavy atom. The SMILES string of the molecule is CCCC.CCCCCCCN(Cc1ccc(N(CC)CC)cc1)S(=O)[O-]. The van der Waals surface area contributed by atoms with E-state index in [1.54, 1.807) is 0 Å². The zero-order valence-electron chi connectivity index (χ0n) is 18.2. The summed E-state index contributed by atoms with van der Waals surface area (Å²) in [6, 6.07) is 8.22. The van der Waals surface area contributed by atoms with Gasteiger partial charge in [-0.15, -0.1) is 0 Å². The molecule has 1 aromatic carbocycles. The number of nitrogens with zero attached hydrogens (tertiary/aromatic N) is 2. The van der Waals surface area contributed by atoms with Gasteiger partial charge in [0.2, 0.25) is 0 Å². The van der Waals surface area contributed by atoms with Crippen LogP contribution in [0.4, 0.5) is 5.69 Å². The molecule has 0 bridgehead atoms. The lowest BCUT2D eigenvalue weighted by Crippen LogP contribution is -2.26. The Morgan fingerprint density at radius 1 is 0.815 bits per heavy atom. The standard InChI is InChI=1S/C18H32N2O2S.C4H10/c1-4-7-8-9-10-15-20(23(21)22)16-17-11-13-18(14-12-17)19(5-2)6-3;1-3-4-2/h11-14H,4-10,15-16H2,1-3H3,(H,21,22);3-4H2,1-2H3/p-1. The summed E-state index contributed by atoms with van der Waals surface area (Å²) in [5.41, 5.74) is 2.23. The topological polar surface area (TPSA) is 46.6 Å². The lowest BCUT2D eigenvalue weighted by molar-refractivity contribution is 0.372. The average Bonchev–Trinajstić information content (AvgIpc) is 2.69. The van der Waals surface area contributed by atoms with Crippen molar-refractivity contribution in [1.82, 2.24) is 4.31 Å². The second-order valence-corrected chi connectivity index (χ2v) is 7.78. The Kier molecular flexibility index (Phi) is 16.6. The lowest BCUT2D eigenvalue weighted by Gasteiger charge is -2.25. The van der Waals surface area contributed by atoms with E-state index in [-0.39, 0.29) is 0 Å². The van der Waals surface area contributed by atoms with Crippen molar-refractivity contribution in [3.8, 4) is 0 Å². The van der Waals surface area contributed by atoms with Crippen LogP contribution in [0, 0.1) is 0 Å². The summed E-state index contributed by atoms with van der Waals surface area (Å²) >= 11 is -2.16. The second kappa shape index (κ2) is 17.2. The van der Waals surface area contributed by atoms with Crippen LogP contribution in [0.3, 0.4) is 0 Å². The first kappa shape index (κ1) is 26.1. The van der Waals surface area contributed by atoms with Gasteiger partial charge >= 0.3 is 0 Å². The molecule has 0 aliphatic rings. The lowest BCUT2D eigenvalue weighted by atomic mass is 10.1. The molecule has 0 aromatic heterocycles. The third kappa shape index (κ3) is 12.2. The van der Waals surface area contributed by atoms with Crippen LogP contribution in [0.2, 0.25) is 0 Å². The summed E-state index contributed by atoms with van der Waals surface area (Å²) in [5.74, 6) is 0. The van der Waals surface area contributed by atoms with E-state index in [0.29, 0.717) is 13.1 Å². The normalized spacial score (nSPS) is 11.8. The van der Waals surface area contributed by atoms with Gasteiger partial charge < -0.3 is 9.45 Å². The molecule has 1 rings (SSSR count). The molecule has 0 saturated heterocycles. The maximum Gasteiger partial charge on any atom is 0.0366 e. The molecule has 0 heterocycles. The number of rotatable bonds is 13. The molecule has 0 radical (unpaired) electrons. The number of hydrogen-bond donors (Lipinski definition) is 0. The minimum Gasteiger partial charge on any atom is -0.760 e. The van der Waals surface area contributed by atoms with E-state index in [1.165, 1.54) is 42.1 Å². The summed E-state index contributed by atoms with van der Waals surface area (Å²) in [6.07, 6.45) is 8.30. The Balaban J connectivity index is 0.00000153. The van der Waals surface area contributed by atoms with Crippen LogP contribution in [0.1, 0.15) is 85.1 Å². The van der Waals surface area contributed by atoms with Crippen LogP contribution in [0.15, 0.2) is 24.3 Å². The molecule has 0 spiro atoms. The van der Waals surface area contributed by atoms with Crippen LogP contribution in [-0.4, -0.2) is 32.7 Å². The van der Waals surface area contributed by atoms with Crippen molar-refractivity contribution in [3.63, 3.8) is 0 Å². The molecule has 27 heavy (non-hydrogen) atoms. The average molecular weight is 398 g/mol. The van der Waals surface area contributed by atoms with E-state index in [4.69, 9.17) is 0 Å². The Morgan fingerprint density at radius 3 is 1.81 bits per heavy atom. The molecule has 158 valence electrons. The molecular weight excluding hydrogens is 356 g/mol. The number of anilines is 1. The Labute approximate surface area is 170 Å². The molecule has 0 N–H and O–H groups in total. The van der Waals surface area contributed by atoms with E-state index in [0.717, 1.165) is 31.5 Å². The third-order valence-corrected chi connectivity index (χ3v) is 5.38. The van der Waals surface area contributed by atoms with Gasteiger partial charge in [0.25, 0.3) is 0 Å². The predicted octanol–water partition coefficient (Wildman–Crippen LogP) is 5.91. The van der Waals surface area contributed by atoms with Gasteiger partial charge in [-0.2, -0.15) is 0 Å². The van der Waals surface area contributed by atoms with E-state index in [2.05, 4.69) is 51.7 Å². The smallest absolute Gasteiger partial charge is 0.0366 e. The highest BCUT2D eigenvalue weighted by atomic mass is 32.2. The maximum absolute atomic E-state index is 11.4. The van der Waals surface area contributed by atoms with Crippen LogP contribution in [0.25, 0.3) is 0 Å². The molecule has 1 unspecified atom stereocenters. The summed E-state index contributed by atoms with van der Waals surface area (Å²) in [7, 11) is 0. The van der Waals surface area contributed by atoms with Gasteiger partial charge in [-0.1, -0.05) is 71.4 Å². The van der Waals surface area contributed by atoms with Gasteiger partial charge in [0.1, 0.15) is 0 Å². The van der Waals surface area contributed by atoms with Crippen LogP contribution < -0.4 is 4.90 Å². The Bertz CT molecular complexity index is 474. The largest absolute Gasteiger partial charge is 0.760 e. The van der Waals surface area contributed by atoms with E-state index < -0.39 is 11.3 Å². The molecule has 0 aliphatic carbocycles. The zero-order valence-corrected chi connectivity index (χ0v) is 19.0. The molecule has 5 heteroatoms. The van der Waals surface area contributed by atoms with Crippen LogP contribution in [-0.2, 0) is 17.8 Å². The van der Waals surface area contributed by atoms with E-state index in [9.17, 15) is 8.76 Å². The first-order valence-electron chi connectivity index (χ1n) is 10.7. The molecule has 0 amide bonds. The van der Waals surface area contributed by atoms with Crippen molar-refractivity contribution in [2.75, 3.05) is 24.5 Å². The van der Waals surface area contributed by atoms with Gasteiger partial charge in [-0.3, -0.25) is 4.21 Å². The van der Waals surface area contributed by atoms with Crippen LogP contribution in [0.5, 0.6) is 0 Å². The summed E-state index contributed by atoms with van der Waals surface area (Å²) in [4.78, 5) is 2.28. The zero-order chi connectivity index (χ0) is 20.5. The summed E-state index contributed by atoms with van der Waals surface area (Å²) in [6.45, 7) is 13.8. The van der Waals surface area contributed by atoms with Crippen molar-refractivity contribution in [2.45, 2.75) is 86.1 Å². The highest BCUT2D eigenvalue weighted by molar-refractivity contribution is 7.76. The molecule has 1 atom stereocenters. The van der Waals surface area contributed by atoms with Gasteiger partial charge in [0.15, 0.2) is 0 Å². The van der Waals surface area contributed by atoms with Gasteiger partial charge in [-0.05, 0) is 38.0 Å². The number of benzene rings is 1. The molecule has 0 aliphatic heterocycles. The van der Waals surface area contributed by atoms with Gasteiger partial charge in [-0.25, -0.2) is 4.31 Å². The molecule has 4 nitrogen and oxygen atoms in total. The van der Waals surface area contributed by atoms with Crippen LogP contribution >= 0.6 is 0 Å². The molecular formula is C22H41N2O2S-. The second-order valence-electron chi connectivity index (χ2n) is 6.83. The fourth-order valence-corrected chi connectivity index (χ4v) is 3.24. The van der Waals surface area contributed by atoms with Gasteiger partial charge in [0, 0.05) is 43.1 Å². The predicted molar refractivity (Wildman–Crippen MR) is 119 cm³/mol. The van der Waals surface area contributed by atoms with Crippen molar-refractivity contribution in [3.05, 3.63) is 29.8 Å². The number of hydrogen-bond acceptors (Lipinski definition) is 3.